The van der Waals surface area contributed by atoms with Crippen LogP contribution in [-0.2, 0) is 12.6 Å². The number of fused-ring (bicyclic) bond motifs is 1. The van der Waals surface area contributed by atoms with E-state index in [-0.39, 0.29) is 12.2 Å². The van der Waals surface area contributed by atoms with Gasteiger partial charge in [0.05, 0.1) is 5.69 Å². The average molecular weight is 434 g/mol. The fraction of sp³-hybridized carbons (Fsp3) is 0.150. The van der Waals surface area contributed by atoms with Gasteiger partial charge in [0, 0.05) is 11.2 Å². The van der Waals surface area contributed by atoms with Crippen molar-refractivity contribution >= 4 is 27.3 Å². The molecule has 0 aliphatic carbocycles. The van der Waals surface area contributed by atoms with Crippen LogP contribution in [0.1, 0.15) is 21.7 Å². The van der Waals surface area contributed by atoms with Crippen LogP contribution in [0, 0.1) is 5.82 Å². The first-order chi connectivity index (χ1) is 14.3. The third-order valence-corrected chi connectivity index (χ3v) is 5.46. The van der Waals surface area contributed by atoms with E-state index >= 15 is 0 Å². The number of aromatic nitrogens is 3. The van der Waals surface area contributed by atoms with Crippen molar-refractivity contribution in [1.82, 2.24) is 20.3 Å². The van der Waals surface area contributed by atoms with Crippen molar-refractivity contribution in [2.45, 2.75) is 12.6 Å². The lowest BCUT2D eigenvalue weighted by molar-refractivity contribution is -0.143. The zero-order valence-corrected chi connectivity index (χ0v) is 16.1. The SMILES string of the molecule is O=C(NCCc1csc2ccccc12)c1nnn(-c2cccc(F)c2)c1C(F)(F)F. The summed E-state index contributed by atoms with van der Waals surface area (Å²) >= 11 is 1.56. The van der Waals surface area contributed by atoms with Gasteiger partial charge in [-0.2, -0.15) is 13.2 Å². The van der Waals surface area contributed by atoms with Gasteiger partial charge in [-0.25, -0.2) is 9.07 Å². The molecule has 0 spiro atoms. The molecule has 2 aromatic heterocycles. The van der Waals surface area contributed by atoms with Gasteiger partial charge < -0.3 is 5.32 Å². The van der Waals surface area contributed by atoms with E-state index in [0.717, 1.165) is 27.8 Å². The van der Waals surface area contributed by atoms with E-state index < -0.39 is 29.3 Å². The number of amides is 1. The Labute approximate surface area is 171 Å². The number of hydrogen-bond acceptors (Lipinski definition) is 4. The van der Waals surface area contributed by atoms with Crippen LogP contribution in [0.25, 0.3) is 15.8 Å². The summed E-state index contributed by atoms with van der Waals surface area (Å²) in [6.07, 6.45) is -4.46. The van der Waals surface area contributed by atoms with Gasteiger partial charge in [0.15, 0.2) is 11.4 Å². The Morgan fingerprint density at radius 3 is 2.70 bits per heavy atom. The molecule has 0 aliphatic rings. The van der Waals surface area contributed by atoms with Gasteiger partial charge in [-0.15, -0.1) is 16.4 Å². The summed E-state index contributed by atoms with van der Waals surface area (Å²) in [6.45, 7) is 0.129. The lowest BCUT2D eigenvalue weighted by Crippen LogP contribution is -2.29. The van der Waals surface area contributed by atoms with Gasteiger partial charge in [0.25, 0.3) is 5.91 Å². The van der Waals surface area contributed by atoms with E-state index in [0.29, 0.717) is 11.1 Å². The molecule has 2 heterocycles. The van der Waals surface area contributed by atoms with Crippen LogP contribution in [0.3, 0.4) is 0 Å². The highest BCUT2D eigenvalue weighted by Crippen LogP contribution is 2.33. The molecule has 0 saturated heterocycles. The maximum Gasteiger partial charge on any atom is 0.435 e. The van der Waals surface area contributed by atoms with Crippen molar-refractivity contribution < 1.29 is 22.4 Å². The van der Waals surface area contributed by atoms with E-state index in [1.807, 2.05) is 29.6 Å². The van der Waals surface area contributed by atoms with E-state index in [9.17, 15) is 22.4 Å². The standard InChI is InChI=1S/C20H14F4N4OS/c21-13-4-3-5-14(10-13)28-18(20(22,23)24)17(26-27-28)19(29)25-9-8-12-11-30-16-7-2-1-6-15(12)16/h1-7,10-11H,8-9H2,(H,25,29). The van der Waals surface area contributed by atoms with Gasteiger partial charge in [-0.1, -0.05) is 29.5 Å². The highest BCUT2D eigenvalue weighted by atomic mass is 32.1. The zero-order chi connectivity index (χ0) is 21.3. The maximum absolute atomic E-state index is 13.6. The quantitative estimate of drug-likeness (QED) is 0.467. The zero-order valence-electron chi connectivity index (χ0n) is 15.3. The first-order valence-corrected chi connectivity index (χ1v) is 9.74. The summed E-state index contributed by atoms with van der Waals surface area (Å²) in [4.78, 5) is 12.4. The second kappa shape index (κ2) is 7.86. The molecule has 0 atom stereocenters. The van der Waals surface area contributed by atoms with Crippen molar-refractivity contribution in [3.63, 3.8) is 0 Å². The number of carbonyl (C=O) groups is 1. The molecule has 10 heteroatoms. The minimum Gasteiger partial charge on any atom is -0.350 e. The first-order valence-electron chi connectivity index (χ1n) is 8.87. The molecular formula is C20H14F4N4OS. The Morgan fingerprint density at radius 1 is 1.13 bits per heavy atom. The molecular weight excluding hydrogens is 420 g/mol. The molecule has 4 rings (SSSR count). The Balaban J connectivity index is 1.55. The summed E-state index contributed by atoms with van der Waals surface area (Å²) in [5, 5.41) is 12.3. The number of hydrogen-bond donors (Lipinski definition) is 1. The Hall–Kier alpha value is -3.27. The number of rotatable bonds is 5. The van der Waals surface area contributed by atoms with Crippen LogP contribution < -0.4 is 5.32 Å². The smallest absolute Gasteiger partial charge is 0.350 e. The van der Waals surface area contributed by atoms with E-state index in [2.05, 4.69) is 15.6 Å². The van der Waals surface area contributed by atoms with Crippen LogP contribution in [0.15, 0.2) is 53.9 Å². The highest BCUT2D eigenvalue weighted by Gasteiger charge is 2.42. The average Bonchev–Trinajstić information content (AvgIpc) is 3.33. The number of carbonyl (C=O) groups excluding carboxylic acids is 1. The number of benzene rings is 2. The Bertz CT molecular complexity index is 1210. The summed E-state index contributed by atoms with van der Waals surface area (Å²) < 4.78 is 55.9. The van der Waals surface area contributed by atoms with Gasteiger partial charge >= 0.3 is 6.18 Å². The number of nitrogens with zero attached hydrogens (tertiary/aromatic N) is 3. The van der Waals surface area contributed by atoms with E-state index in [1.54, 1.807) is 11.3 Å². The third-order valence-electron chi connectivity index (χ3n) is 4.45. The van der Waals surface area contributed by atoms with Gasteiger partial charge in [0.2, 0.25) is 0 Å². The van der Waals surface area contributed by atoms with Crippen molar-refractivity contribution in [3.05, 3.63) is 76.7 Å². The Morgan fingerprint density at radius 2 is 1.93 bits per heavy atom. The van der Waals surface area contributed by atoms with Crippen molar-refractivity contribution in [3.8, 4) is 5.69 Å². The molecule has 2 aromatic carbocycles. The van der Waals surface area contributed by atoms with E-state index in [4.69, 9.17) is 0 Å². The normalized spacial score (nSPS) is 11.7. The summed E-state index contributed by atoms with van der Waals surface area (Å²) in [5.74, 6) is -1.73. The number of thiophene rings is 1. The molecule has 1 amide bonds. The van der Waals surface area contributed by atoms with Crippen LogP contribution in [0.5, 0.6) is 0 Å². The number of halogens is 4. The molecule has 0 radical (unpaired) electrons. The predicted octanol–water partition coefficient (Wildman–Crippen LogP) is 4.61. The minimum absolute atomic E-state index is 0.129. The molecule has 0 bridgehead atoms. The lowest BCUT2D eigenvalue weighted by Gasteiger charge is -2.11. The molecule has 4 aromatic rings. The second-order valence-corrected chi connectivity index (χ2v) is 7.35. The lowest BCUT2D eigenvalue weighted by atomic mass is 10.1. The van der Waals surface area contributed by atoms with Crippen LogP contribution in [-0.4, -0.2) is 27.4 Å². The van der Waals surface area contributed by atoms with Gasteiger partial charge in [-0.05, 0) is 47.0 Å². The molecule has 0 saturated carbocycles. The molecule has 0 aliphatic heterocycles. The monoisotopic (exact) mass is 434 g/mol. The maximum atomic E-state index is 13.6. The molecule has 5 nitrogen and oxygen atoms in total. The van der Waals surface area contributed by atoms with E-state index in [1.165, 1.54) is 12.1 Å². The summed E-state index contributed by atoms with van der Waals surface area (Å²) in [6, 6.07) is 12.2. The molecule has 1 N–H and O–H groups in total. The molecule has 30 heavy (non-hydrogen) atoms. The summed E-state index contributed by atoms with van der Waals surface area (Å²) in [5.41, 5.74) is -1.40. The second-order valence-electron chi connectivity index (χ2n) is 6.44. The number of nitrogens with one attached hydrogen (secondary N) is 1. The fourth-order valence-corrected chi connectivity index (χ4v) is 4.10. The molecule has 0 unspecified atom stereocenters. The number of alkyl halides is 3. The van der Waals surface area contributed by atoms with Crippen molar-refractivity contribution in [2.75, 3.05) is 6.54 Å². The summed E-state index contributed by atoms with van der Waals surface area (Å²) in [7, 11) is 0. The highest BCUT2D eigenvalue weighted by molar-refractivity contribution is 7.17. The topological polar surface area (TPSA) is 59.8 Å². The van der Waals surface area contributed by atoms with Crippen LogP contribution in [0.4, 0.5) is 17.6 Å². The van der Waals surface area contributed by atoms with Crippen LogP contribution >= 0.6 is 11.3 Å². The molecule has 0 fully saturated rings. The molecule has 154 valence electrons. The van der Waals surface area contributed by atoms with Crippen molar-refractivity contribution in [2.24, 2.45) is 0 Å². The first kappa shape index (κ1) is 20.0. The van der Waals surface area contributed by atoms with Crippen LogP contribution in [0.2, 0.25) is 0 Å². The van der Waals surface area contributed by atoms with Gasteiger partial charge in [-0.3, -0.25) is 4.79 Å². The third kappa shape index (κ3) is 3.90. The largest absolute Gasteiger partial charge is 0.435 e. The minimum atomic E-state index is -4.91. The van der Waals surface area contributed by atoms with Gasteiger partial charge in [0.1, 0.15) is 5.82 Å². The predicted molar refractivity (Wildman–Crippen MR) is 104 cm³/mol. The Kier molecular flexibility index (Phi) is 5.25. The van der Waals surface area contributed by atoms with Crippen molar-refractivity contribution in [1.29, 1.82) is 0 Å². The fourth-order valence-electron chi connectivity index (χ4n) is 3.10.